The van der Waals surface area contributed by atoms with Gasteiger partial charge >= 0.3 is 35.5 Å². The number of carboxylic acid groups (broad SMARTS) is 1. The van der Waals surface area contributed by atoms with E-state index in [1.165, 1.54) is 11.8 Å². The molecule has 194 valence electrons. The average molecular weight is 562 g/mol. The van der Waals surface area contributed by atoms with E-state index >= 15 is 0 Å². The predicted octanol–water partition coefficient (Wildman–Crippen LogP) is 5.27. The minimum atomic E-state index is -0.973. The number of thioether (sulfide) groups is 1. The van der Waals surface area contributed by atoms with Gasteiger partial charge in [0, 0.05) is 21.9 Å². The number of halogens is 2. The molecule has 0 amide bonds. The van der Waals surface area contributed by atoms with Crippen LogP contribution in [0.15, 0.2) is 95.9 Å². The summed E-state index contributed by atoms with van der Waals surface area (Å²) in [5.41, 5.74) is 5.15. The maximum absolute atomic E-state index is 13.7. The van der Waals surface area contributed by atoms with E-state index in [2.05, 4.69) is 11.1 Å². The number of nitrogens with zero attached hydrogens (tertiary/aromatic N) is 1. The van der Waals surface area contributed by atoms with Crippen molar-refractivity contribution in [1.29, 1.82) is 0 Å². The first-order valence-corrected chi connectivity index (χ1v) is 13.1. The van der Waals surface area contributed by atoms with Gasteiger partial charge in [-0.25, -0.2) is 18.6 Å². The van der Waals surface area contributed by atoms with Crippen LogP contribution in [0.5, 0.6) is 5.75 Å². The second kappa shape index (κ2) is 11.9. The minimum absolute atomic E-state index is 0. The van der Waals surface area contributed by atoms with Gasteiger partial charge in [-0.1, -0.05) is 54.6 Å². The summed E-state index contributed by atoms with van der Waals surface area (Å²) in [6, 6.07) is 26.6. The van der Waals surface area contributed by atoms with Crippen molar-refractivity contribution in [3.05, 3.63) is 136 Å². The summed E-state index contributed by atoms with van der Waals surface area (Å²) in [4.78, 5) is 17.0. The Balaban J connectivity index is 0.00000194. The first-order chi connectivity index (χ1) is 19.0. The van der Waals surface area contributed by atoms with Crippen LogP contribution in [0.3, 0.4) is 0 Å². The monoisotopic (exact) mass is 561 g/mol. The van der Waals surface area contributed by atoms with Crippen molar-refractivity contribution in [3.8, 4) is 5.75 Å². The van der Waals surface area contributed by atoms with Gasteiger partial charge in [0.15, 0.2) is 11.6 Å². The molecule has 1 unspecified atom stereocenters. The Bertz CT molecular complexity index is 1780. The number of hydrogen-bond acceptors (Lipinski definition) is 4. The molecule has 4 aromatic carbocycles. The maximum atomic E-state index is 13.7. The molecule has 0 aliphatic carbocycles. The van der Waals surface area contributed by atoms with Crippen molar-refractivity contribution >= 4 is 40.8 Å². The number of aromatic nitrogens is 1. The summed E-state index contributed by atoms with van der Waals surface area (Å²) in [5, 5.41) is 10.1. The second-order valence-electron chi connectivity index (χ2n) is 9.11. The minimum Gasteiger partial charge on any atom is -1.00 e. The number of benzene rings is 4. The zero-order chi connectivity index (χ0) is 26.9. The number of hydrogen-bond donors (Lipinski definition) is 1. The van der Waals surface area contributed by atoms with Crippen LogP contribution >= 0.6 is 11.8 Å². The van der Waals surface area contributed by atoms with Crippen LogP contribution in [-0.4, -0.2) is 16.1 Å². The van der Waals surface area contributed by atoms with E-state index in [0.29, 0.717) is 28.1 Å². The van der Waals surface area contributed by atoms with E-state index in [1.807, 2.05) is 60.7 Å². The van der Waals surface area contributed by atoms with Crippen molar-refractivity contribution < 1.29 is 54.4 Å². The summed E-state index contributed by atoms with van der Waals surface area (Å²) < 4.78 is 33.4. The van der Waals surface area contributed by atoms with Gasteiger partial charge in [0.05, 0.1) is 22.0 Å². The van der Waals surface area contributed by atoms with Crippen molar-refractivity contribution in [2.45, 2.75) is 16.8 Å². The van der Waals surface area contributed by atoms with E-state index < -0.39 is 17.6 Å². The number of rotatable bonds is 5. The molecular weight excluding hydrogens is 539 g/mol. The number of carbonyl (C=O) groups is 1. The maximum Gasteiger partial charge on any atom is 1.00 e. The predicted molar refractivity (Wildman–Crippen MR) is 150 cm³/mol. The van der Waals surface area contributed by atoms with Gasteiger partial charge in [0.2, 0.25) is 0 Å². The molecule has 1 N–H and O–H groups in total. The fourth-order valence-corrected chi connectivity index (χ4v) is 6.02. The number of fused-ring (bicyclic) bond motifs is 3. The van der Waals surface area contributed by atoms with Crippen LogP contribution in [0, 0.1) is 11.6 Å². The number of aromatic carboxylic acids is 1. The molecule has 0 saturated carbocycles. The van der Waals surface area contributed by atoms with Gasteiger partial charge in [0.1, 0.15) is 12.4 Å². The molecule has 4 nitrogen and oxygen atoms in total. The number of pyridine rings is 1. The summed E-state index contributed by atoms with van der Waals surface area (Å²) in [5.74, 6) is -2.08. The Hall–Kier alpha value is -3.49. The van der Waals surface area contributed by atoms with Gasteiger partial charge in [0.25, 0.3) is 0 Å². The van der Waals surface area contributed by atoms with Crippen molar-refractivity contribution in [1.82, 2.24) is 4.98 Å². The fraction of sp³-hybridized carbons (Fsp3) is 0.0625. The Morgan fingerprint density at radius 1 is 0.925 bits per heavy atom. The third kappa shape index (κ3) is 5.69. The Kier molecular flexibility index (Phi) is 8.38. The van der Waals surface area contributed by atoms with Gasteiger partial charge in [-0.05, 0) is 59.2 Å². The van der Waals surface area contributed by atoms with Crippen LogP contribution in [0.2, 0.25) is 0 Å². The van der Waals surface area contributed by atoms with E-state index in [9.17, 15) is 18.7 Å². The summed E-state index contributed by atoms with van der Waals surface area (Å²) in [6.07, 6.45) is 3.72. The quantitative estimate of drug-likeness (QED) is 0.296. The SMILES string of the molecule is O=C(O)c1ccccc1SC1c2ccccc2COc2ccc(C=Cc3ccc4cc(F)c(F)cc4n3)cc21.[H-].[Na+]. The van der Waals surface area contributed by atoms with Gasteiger partial charge in [-0.2, -0.15) is 0 Å². The zero-order valence-corrected chi connectivity index (χ0v) is 24.3. The molecule has 2 heterocycles. The molecule has 0 fully saturated rings. The van der Waals surface area contributed by atoms with Crippen LogP contribution < -0.4 is 34.3 Å². The number of ether oxygens (including phenoxy) is 1. The molecular formula is C32H22F2NNaO3S. The number of carboxylic acids is 1. The molecule has 8 heteroatoms. The molecule has 0 radical (unpaired) electrons. The van der Waals surface area contributed by atoms with Crippen LogP contribution in [0.4, 0.5) is 8.78 Å². The first-order valence-electron chi connectivity index (χ1n) is 12.2. The third-order valence-electron chi connectivity index (χ3n) is 6.60. The standard InChI is InChI=1S/C32H21F2NO3S.Na.H/c33-26-16-20-11-13-22(35-28(20)17-27(26)34)12-9-19-10-14-29-25(15-19)31(23-6-2-1-5-21(23)18-38-29)39-30-8-4-3-7-24(30)32(36)37;;/h1-17,31H,18H2,(H,36,37);;/q;+1;-1. The molecule has 1 aliphatic rings. The molecule has 1 aliphatic heterocycles. The summed E-state index contributed by atoms with van der Waals surface area (Å²) in [6.45, 7) is 0.411. The van der Waals surface area contributed by atoms with Crippen molar-refractivity contribution in [3.63, 3.8) is 0 Å². The van der Waals surface area contributed by atoms with Crippen molar-refractivity contribution in [2.24, 2.45) is 0 Å². The van der Waals surface area contributed by atoms with E-state index in [4.69, 9.17) is 4.74 Å². The largest absolute Gasteiger partial charge is 1.00 e. The van der Waals surface area contributed by atoms with Gasteiger partial charge in [-0.15, -0.1) is 11.8 Å². The normalized spacial score (nSPS) is 14.1. The second-order valence-corrected chi connectivity index (χ2v) is 10.3. The fourth-order valence-electron chi connectivity index (χ4n) is 4.66. The molecule has 40 heavy (non-hydrogen) atoms. The van der Waals surface area contributed by atoms with E-state index in [-0.39, 0.29) is 41.8 Å². The summed E-state index contributed by atoms with van der Waals surface area (Å²) >= 11 is 1.48. The molecule has 0 bridgehead atoms. The molecule has 1 aromatic heterocycles. The molecule has 6 rings (SSSR count). The molecule has 5 aromatic rings. The Labute approximate surface area is 257 Å². The van der Waals surface area contributed by atoms with E-state index in [1.54, 1.807) is 24.3 Å². The van der Waals surface area contributed by atoms with Crippen molar-refractivity contribution in [2.75, 3.05) is 0 Å². The average Bonchev–Trinajstić information content (AvgIpc) is 3.09. The smallest absolute Gasteiger partial charge is 1.00 e. The third-order valence-corrected chi connectivity index (χ3v) is 7.95. The molecule has 0 spiro atoms. The zero-order valence-electron chi connectivity index (χ0n) is 22.5. The van der Waals surface area contributed by atoms with E-state index in [0.717, 1.165) is 40.1 Å². The summed E-state index contributed by atoms with van der Waals surface area (Å²) in [7, 11) is 0. The topological polar surface area (TPSA) is 59.4 Å². The van der Waals surface area contributed by atoms with Gasteiger partial charge in [-0.3, -0.25) is 0 Å². The molecule has 0 saturated heterocycles. The Morgan fingerprint density at radius 3 is 2.55 bits per heavy atom. The Morgan fingerprint density at radius 2 is 1.70 bits per heavy atom. The van der Waals surface area contributed by atoms with Crippen LogP contribution in [0.25, 0.3) is 23.1 Å². The molecule has 1 atom stereocenters. The first kappa shape index (κ1) is 28.1. The van der Waals surface area contributed by atoms with Crippen LogP contribution in [-0.2, 0) is 6.61 Å². The van der Waals surface area contributed by atoms with Gasteiger partial charge < -0.3 is 11.3 Å². The van der Waals surface area contributed by atoms with Crippen LogP contribution in [0.1, 0.15) is 45.0 Å².